The van der Waals surface area contributed by atoms with E-state index in [0.717, 1.165) is 28.1 Å². The first-order valence-corrected chi connectivity index (χ1v) is 8.14. The highest BCUT2D eigenvalue weighted by molar-refractivity contribution is 14.0. The number of methoxy groups -OCH3 is 1. The number of aliphatic imine (C=N–C) groups is 1. The summed E-state index contributed by atoms with van der Waals surface area (Å²) in [5.74, 6) is 1.22. The molecule has 0 unspecified atom stereocenters. The quantitative estimate of drug-likeness (QED) is 0.343. The van der Waals surface area contributed by atoms with E-state index >= 15 is 0 Å². The van der Waals surface area contributed by atoms with Crippen LogP contribution in [0.15, 0.2) is 47.5 Å². The number of ether oxygens (including phenoxy) is 1. The number of benzene rings is 2. The number of hydrogen-bond acceptors (Lipinski definition) is 3. The third-order valence-electron chi connectivity index (χ3n) is 4.10. The van der Waals surface area contributed by atoms with Crippen LogP contribution in [0.3, 0.4) is 0 Å². The van der Waals surface area contributed by atoms with Crippen molar-refractivity contribution in [2.45, 2.75) is 20.1 Å². The van der Waals surface area contributed by atoms with Crippen LogP contribution in [0.4, 0.5) is 5.69 Å². The van der Waals surface area contributed by atoms with Gasteiger partial charge in [-0.1, -0.05) is 24.3 Å². The lowest BCUT2D eigenvalue weighted by molar-refractivity contribution is 0.185. The number of nitrogens with two attached hydrogens (primary N) is 1. The first kappa shape index (κ1) is 20.2. The number of halogens is 1. The zero-order valence-electron chi connectivity index (χ0n) is 15.2. The number of nitrogens with one attached hydrogen (secondary N) is 1. The van der Waals surface area contributed by atoms with Crippen LogP contribution in [0.5, 0.6) is 0 Å². The molecule has 0 spiro atoms. The molecule has 7 heteroatoms. The van der Waals surface area contributed by atoms with Gasteiger partial charge in [-0.15, -0.1) is 24.0 Å². The molecule has 0 radical (unpaired) electrons. The highest BCUT2D eigenvalue weighted by Crippen LogP contribution is 2.18. The summed E-state index contributed by atoms with van der Waals surface area (Å²) in [6.07, 6.45) is 0. The lowest BCUT2D eigenvalue weighted by Gasteiger charge is -2.10. The van der Waals surface area contributed by atoms with Gasteiger partial charge in [0.15, 0.2) is 5.96 Å². The number of imidazole rings is 1. The summed E-state index contributed by atoms with van der Waals surface area (Å²) < 4.78 is 7.25. The molecule has 2 aromatic carbocycles. The van der Waals surface area contributed by atoms with E-state index in [4.69, 9.17) is 10.5 Å². The van der Waals surface area contributed by atoms with Gasteiger partial charge in [-0.2, -0.15) is 0 Å². The van der Waals surface area contributed by atoms with E-state index < -0.39 is 0 Å². The zero-order valence-corrected chi connectivity index (χ0v) is 17.5. The van der Waals surface area contributed by atoms with Crippen molar-refractivity contribution in [1.29, 1.82) is 0 Å². The summed E-state index contributed by atoms with van der Waals surface area (Å²) >= 11 is 0. The zero-order chi connectivity index (χ0) is 17.8. The SMILES string of the molecule is COCc1ccccc1NC(N)=NCc1nc2cc(C)ccc2n1C.I. The Morgan fingerprint density at radius 1 is 1.27 bits per heavy atom. The summed E-state index contributed by atoms with van der Waals surface area (Å²) in [6.45, 7) is 2.99. The lowest BCUT2D eigenvalue weighted by Crippen LogP contribution is -2.23. The Hall–Kier alpha value is -2.13. The molecule has 1 heterocycles. The monoisotopic (exact) mass is 465 g/mol. The van der Waals surface area contributed by atoms with E-state index in [1.165, 1.54) is 5.56 Å². The first-order valence-electron chi connectivity index (χ1n) is 8.14. The number of hydrogen-bond donors (Lipinski definition) is 2. The van der Waals surface area contributed by atoms with Gasteiger partial charge in [-0.05, 0) is 30.7 Å². The lowest BCUT2D eigenvalue weighted by atomic mass is 10.2. The molecule has 0 aliphatic carbocycles. The molecule has 3 N–H and O–H groups in total. The van der Waals surface area contributed by atoms with Gasteiger partial charge >= 0.3 is 0 Å². The number of guanidine groups is 1. The van der Waals surface area contributed by atoms with Crippen molar-refractivity contribution in [2.75, 3.05) is 12.4 Å². The van der Waals surface area contributed by atoms with Crippen molar-refractivity contribution in [3.8, 4) is 0 Å². The van der Waals surface area contributed by atoms with Crippen LogP contribution in [0, 0.1) is 6.92 Å². The van der Waals surface area contributed by atoms with Crippen LogP contribution in [-0.4, -0.2) is 22.6 Å². The number of rotatable bonds is 5. The van der Waals surface area contributed by atoms with Gasteiger partial charge in [-0.3, -0.25) is 0 Å². The Morgan fingerprint density at radius 3 is 2.81 bits per heavy atom. The molecule has 0 aliphatic heterocycles. The molecule has 3 rings (SSSR count). The normalized spacial score (nSPS) is 11.4. The fraction of sp³-hybridized carbons (Fsp3) is 0.263. The Bertz CT molecular complexity index is 919. The summed E-state index contributed by atoms with van der Waals surface area (Å²) in [4.78, 5) is 9.08. The van der Waals surface area contributed by atoms with Gasteiger partial charge in [0.2, 0.25) is 0 Å². The molecule has 6 nitrogen and oxygen atoms in total. The largest absolute Gasteiger partial charge is 0.380 e. The van der Waals surface area contributed by atoms with Gasteiger partial charge in [0.25, 0.3) is 0 Å². The predicted octanol–water partition coefficient (Wildman–Crippen LogP) is 3.57. The van der Waals surface area contributed by atoms with Crippen molar-refractivity contribution in [3.63, 3.8) is 0 Å². The third-order valence-corrected chi connectivity index (χ3v) is 4.10. The van der Waals surface area contributed by atoms with Crippen LogP contribution in [0.25, 0.3) is 11.0 Å². The standard InChI is InChI=1S/C19H23N5O.HI/c1-13-8-9-17-16(10-13)22-18(24(17)2)11-21-19(20)23-15-7-5-4-6-14(15)12-25-3;/h4-10H,11-12H2,1-3H3,(H3,20,21,23);1H. The van der Waals surface area contributed by atoms with E-state index in [1.807, 2.05) is 35.9 Å². The van der Waals surface area contributed by atoms with E-state index in [0.29, 0.717) is 19.1 Å². The van der Waals surface area contributed by atoms with E-state index in [1.54, 1.807) is 7.11 Å². The molecule has 3 aromatic rings. The van der Waals surface area contributed by atoms with Crippen molar-refractivity contribution >= 4 is 46.7 Å². The van der Waals surface area contributed by atoms with E-state index in [9.17, 15) is 0 Å². The van der Waals surface area contributed by atoms with Gasteiger partial charge < -0.3 is 20.4 Å². The van der Waals surface area contributed by atoms with Gasteiger partial charge in [0.05, 0.1) is 17.6 Å². The smallest absolute Gasteiger partial charge is 0.193 e. The minimum atomic E-state index is 0. The fourth-order valence-electron chi connectivity index (χ4n) is 2.76. The Labute approximate surface area is 170 Å². The molecular weight excluding hydrogens is 441 g/mol. The van der Waals surface area contributed by atoms with Crippen molar-refractivity contribution < 1.29 is 4.74 Å². The maximum Gasteiger partial charge on any atom is 0.193 e. The number of para-hydroxylation sites is 1. The van der Waals surface area contributed by atoms with Crippen LogP contribution in [-0.2, 0) is 24.9 Å². The highest BCUT2D eigenvalue weighted by Gasteiger charge is 2.08. The van der Waals surface area contributed by atoms with Crippen molar-refractivity contribution in [2.24, 2.45) is 17.8 Å². The van der Waals surface area contributed by atoms with Crippen LogP contribution in [0.1, 0.15) is 17.0 Å². The number of fused-ring (bicyclic) bond motifs is 1. The maximum atomic E-state index is 6.05. The molecule has 0 saturated carbocycles. The van der Waals surface area contributed by atoms with Gasteiger partial charge in [0.1, 0.15) is 12.4 Å². The Kier molecular flexibility index (Phi) is 6.98. The maximum absolute atomic E-state index is 6.05. The summed E-state index contributed by atoms with van der Waals surface area (Å²) in [5.41, 5.74) is 11.2. The number of anilines is 1. The number of aromatic nitrogens is 2. The molecule has 0 atom stereocenters. The summed E-state index contributed by atoms with van der Waals surface area (Å²) in [7, 11) is 3.66. The second-order valence-corrected chi connectivity index (χ2v) is 6.00. The van der Waals surface area contributed by atoms with Gasteiger partial charge in [0, 0.05) is 25.4 Å². The summed E-state index contributed by atoms with van der Waals surface area (Å²) in [5, 5.41) is 3.14. The van der Waals surface area contributed by atoms with E-state index in [2.05, 4.69) is 40.4 Å². The minimum absolute atomic E-state index is 0. The van der Waals surface area contributed by atoms with Crippen LogP contribution < -0.4 is 11.1 Å². The van der Waals surface area contributed by atoms with Crippen molar-refractivity contribution in [3.05, 3.63) is 59.4 Å². The topological polar surface area (TPSA) is 77.5 Å². The molecule has 0 aliphatic rings. The average molecular weight is 465 g/mol. The molecule has 138 valence electrons. The molecule has 26 heavy (non-hydrogen) atoms. The first-order chi connectivity index (χ1) is 12.1. The van der Waals surface area contributed by atoms with Crippen molar-refractivity contribution in [1.82, 2.24) is 9.55 Å². The van der Waals surface area contributed by atoms with Gasteiger partial charge in [-0.25, -0.2) is 9.98 Å². The molecule has 0 fully saturated rings. The molecule has 0 bridgehead atoms. The third kappa shape index (κ3) is 4.53. The fourth-order valence-corrected chi connectivity index (χ4v) is 2.76. The molecule has 1 aromatic heterocycles. The van der Waals surface area contributed by atoms with Crippen LogP contribution in [0.2, 0.25) is 0 Å². The summed E-state index contributed by atoms with van der Waals surface area (Å²) in [6, 6.07) is 14.1. The molecule has 0 saturated heterocycles. The molecular formula is C19H24IN5O. The predicted molar refractivity (Wildman–Crippen MR) is 117 cm³/mol. The Morgan fingerprint density at radius 2 is 2.04 bits per heavy atom. The number of nitrogens with zero attached hydrogens (tertiary/aromatic N) is 3. The second kappa shape index (κ2) is 9.00. The van der Waals surface area contributed by atoms with E-state index in [-0.39, 0.29) is 24.0 Å². The average Bonchev–Trinajstić information content (AvgIpc) is 2.90. The highest BCUT2D eigenvalue weighted by atomic mass is 127. The second-order valence-electron chi connectivity index (χ2n) is 6.00. The number of aryl methyl sites for hydroxylation is 2. The minimum Gasteiger partial charge on any atom is -0.380 e. The molecule has 0 amide bonds. The van der Waals surface area contributed by atoms with Crippen LogP contribution >= 0.6 is 24.0 Å². The Balaban J connectivity index is 0.00000243.